The molecule has 0 aliphatic heterocycles. The Morgan fingerprint density at radius 1 is 1.04 bits per heavy atom. The van der Waals surface area contributed by atoms with Crippen LogP contribution in [0.4, 0.5) is 5.69 Å². The van der Waals surface area contributed by atoms with Gasteiger partial charge in [0.25, 0.3) is 0 Å². The third-order valence-corrected chi connectivity index (χ3v) is 4.08. The van der Waals surface area contributed by atoms with Gasteiger partial charge in [-0.15, -0.1) is 0 Å². The molecular formula is C17H19N2O3S+. The standard InChI is InChI=1S/C17H19N2O3S/c1-4-21-14-11-13(19-18)15(22-5-2)17(16(14)20-3)23-12-9-7-6-8-10-12/h6-11H,4-5H2,1-3H3/q+1. The highest BCUT2D eigenvalue weighted by Crippen LogP contribution is 2.51. The van der Waals surface area contributed by atoms with Crippen LogP contribution in [0.3, 0.4) is 0 Å². The first-order valence-corrected chi connectivity index (χ1v) is 8.15. The average molecular weight is 331 g/mol. The van der Waals surface area contributed by atoms with Crippen molar-refractivity contribution in [3.63, 3.8) is 0 Å². The predicted octanol–water partition coefficient (Wildman–Crippen LogP) is 5.13. The summed E-state index contributed by atoms with van der Waals surface area (Å²) in [7, 11) is 1.58. The quantitative estimate of drug-likeness (QED) is 0.658. The van der Waals surface area contributed by atoms with Gasteiger partial charge in [0, 0.05) is 4.90 Å². The zero-order chi connectivity index (χ0) is 16.7. The SMILES string of the molecule is CCOc1cc([N+]#N)c(OCC)c(Sc2ccccc2)c1OC. The first-order valence-electron chi connectivity index (χ1n) is 7.33. The molecule has 0 saturated heterocycles. The van der Waals surface area contributed by atoms with Crippen molar-refractivity contribution in [3.05, 3.63) is 41.4 Å². The predicted molar refractivity (Wildman–Crippen MR) is 90.6 cm³/mol. The number of ether oxygens (including phenoxy) is 3. The lowest BCUT2D eigenvalue weighted by Gasteiger charge is -2.15. The van der Waals surface area contributed by atoms with Crippen molar-refractivity contribution < 1.29 is 14.2 Å². The Kier molecular flexibility index (Phi) is 6.12. The van der Waals surface area contributed by atoms with Gasteiger partial charge in [-0.05, 0) is 26.0 Å². The van der Waals surface area contributed by atoms with Gasteiger partial charge in [0.1, 0.15) is 4.90 Å². The topological polar surface area (TPSA) is 55.8 Å². The summed E-state index contributed by atoms with van der Waals surface area (Å²) in [5.41, 5.74) is 0.314. The van der Waals surface area contributed by atoms with Crippen LogP contribution in [-0.2, 0) is 0 Å². The Balaban J connectivity index is 2.62. The lowest BCUT2D eigenvalue weighted by atomic mass is 10.2. The summed E-state index contributed by atoms with van der Waals surface area (Å²) < 4.78 is 16.9. The van der Waals surface area contributed by atoms with E-state index in [0.717, 1.165) is 9.79 Å². The van der Waals surface area contributed by atoms with Crippen LogP contribution in [0.15, 0.2) is 46.2 Å². The molecule has 5 nitrogen and oxygen atoms in total. The minimum atomic E-state index is 0.314. The first-order chi connectivity index (χ1) is 11.2. The number of diazo groups is 1. The number of methoxy groups -OCH3 is 1. The van der Waals surface area contributed by atoms with E-state index in [-0.39, 0.29) is 0 Å². The van der Waals surface area contributed by atoms with Crippen molar-refractivity contribution in [2.24, 2.45) is 0 Å². The van der Waals surface area contributed by atoms with Crippen LogP contribution in [0.25, 0.3) is 4.98 Å². The summed E-state index contributed by atoms with van der Waals surface area (Å²) in [6, 6.07) is 11.5. The third kappa shape index (κ3) is 3.88. The highest BCUT2D eigenvalue weighted by molar-refractivity contribution is 7.99. The first kappa shape index (κ1) is 17.0. The Hall–Kier alpha value is -2.39. The molecule has 0 saturated carbocycles. The molecule has 0 radical (unpaired) electrons. The molecule has 0 aliphatic rings. The molecule has 2 aromatic carbocycles. The summed E-state index contributed by atoms with van der Waals surface area (Å²) in [6.07, 6.45) is 0. The molecule has 0 atom stereocenters. The zero-order valence-electron chi connectivity index (χ0n) is 13.4. The molecule has 0 bridgehead atoms. The summed E-state index contributed by atoms with van der Waals surface area (Å²) in [5, 5.41) is 9.33. The third-order valence-electron chi connectivity index (χ3n) is 3.00. The van der Waals surface area contributed by atoms with E-state index >= 15 is 0 Å². The zero-order valence-corrected chi connectivity index (χ0v) is 14.2. The van der Waals surface area contributed by atoms with Crippen molar-refractivity contribution in [2.45, 2.75) is 23.6 Å². The Morgan fingerprint density at radius 3 is 2.30 bits per heavy atom. The fraction of sp³-hybridized carbons (Fsp3) is 0.294. The Labute approximate surface area is 140 Å². The molecule has 0 heterocycles. The molecule has 0 N–H and O–H groups in total. The van der Waals surface area contributed by atoms with E-state index in [0.29, 0.717) is 36.1 Å². The second-order valence-corrected chi connectivity index (χ2v) is 5.55. The van der Waals surface area contributed by atoms with Gasteiger partial charge < -0.3 is 14.2 Å². The lowest BCUT2D eigenvalue weighted by molar-refractivity contribution is 0.296. The van der Waals surface area contributed by atoms with Gasteiger partial charge in [-0.25, -0.2) is 0 Å². The summed E-state index contributed by atoms with van der Waals surface area (Å²) in [4.78, 5) is 5.08. The molecule has 0 aliphatic carbocycles. The van der Waals surface area contributed by atoms with E-state index in [2.05, 4.69) is 4.98 Å². The number of hydrogen-bond acceptors (Lipinski definition) is 5. The van der Waals surface area contributed by atoms with E-state index in [1.165, 1.54) is 11.8 Å². The highest BCUT2D eigenvalue weighted by atomic mass is 32.2. The smallest absolute Gasteiger partial charge is 0.431 e. The number of rotatable bonds is 7. The molecule has 0 unspecified atom stereocenters. The number of nitrogens with zero attached hydrogens (tertiary/aromatic N) is 2. The van der Waals surface area contributed by atoms with Crippen LogP contribution in [0.5, 0.6) is 17.2 Å². The second-order valence-electron chi connectivity index (χ2n) is 4.47. The van der Waals surface area contributed by atoms with Gasteiger partial charge in [-0.2, -0.15) is 0 Å². The van der Waals surface area contributed by atoms with Crippen molar-refractivity contribution in [1.29, 1.82) is 5.39 Å². The summed E-state index contributed by atoms with van der Waals surface area (Å²) in [5.74, 6) is 1.56. The minimum Gasteiger partial charge on any atom is -0.492 e. The van der Waals surface area contributed by atoms with Gasteiger partial charge in [-0.1, -0.05) is 30.0 Å². The summed E-state index contributed by atoms with van der Waals surface area (Å²) in [6.45, 7) is 4.68. The Bertz CT molecular complexity index is 699. The van der Waals surface area contributed by atoms with Crippen LogP contribution in [0.2, 0.25) is 0 Å². The molecular weight excluding hydrogens is 312 g/mol. The number of benzene rings is 2. The maximum atomic E-state index is 9.33. The van der Waals surface area contributed by atoms with Gasteiger partial charge in [0.15, 0.2) is 16.5 Å². The van der Waals surface area contributed by atoms with Crippen LogP contribution >= 0.6 is 11.8 Å². The minimum absolute atomic E-state index is 0.314. The van der Waals surface area contributed by atoms with Crippen molar-refractivity contribution >= 4 is 17.4 Å². The monoisotopic (exact) mass is 331 g/mol. The van der Waals surface area contributed by atoms with Crippen LogP contribution < -0.4 is 14.2 Å². The van der Waals surface area contributed by atoms with Crippen molar-refractivity contribution in [2.75, 3.05) is 20.3 Å². The van der Waals surface area contributed by atoms with Gasteiger partial charge in [-0.3, -0.25) is 0 Å². The van der Waals surface area contributed by atoms with Crippen LogP contribution in [0.1, 0.15) is 13.8 Å². The maximum absolute atomic E-state index is 9.33. The van der Waals surface area contributed by atoms with Crippen molar-refractivity contribution in [1.82, 2.24) is 0 Å². The highest BCUT2D eigenvalue weighted by Gasteiger charge is 2.29. The van der Waals surface area contributed by atoms with E-state index in [4.69, 9.17) is 14.2 Å². The maximum Gasteiger partial charge on any atom is 0.431 e. The number of hydrogen-bond donors (Lipinski definition) is 0. The molecule has 0 amide bonds. The van der Waals surface area contributed by atoms with Crippen LogP contribution in [0, 0.1) is 5.39 Å². The molecule has 0 fully saturated rings. The molecule has 120 valence electrons. The summed E-state index contributed by atoms with van der Waals surface area (Å²) >= 11 is 1.47. The average Bonchev–Trinajstić information content (AvgIpc) is 2.58. The largest absolute Gasteiger partial charge is 0.492 e. The van der Waals surface area contributed by atoms with Crippen LogP contribution in [-0.4, -0.2) is 20.3 Å². The van der Waals surface area contributed by atoms with E-state index in [1.54, 1.807) is 13.2 Å². The van der Waals surface area contributed by atoms with Crippen molar-refractivity contribution in [3.8, 4) is 17.2 Å². The van der Waals surface area contributed by atoms with E-state index in [1.807, 2.05) is 44.2 Å². The molecule has 0 spiro atoms. The van der Waals surface area contributed by atoms with Gasteiger partial charge in [0.2, 0.25) is 11.1 Å². The van der Waals surface area contributed by atoms with E-state index < -0.39 is 0 Å². The lowest BCUT2D eigenvalue weighted by Crippen LogP contribution is -2.00. The Morgan fingerprint density at radius 2 is 1.74 bits per heavy atom. The fourth-order valence-corrected chi connectivity index (χ4v) is 3.16. The molecule has 6 heteroatoms. The van der Waals surface area contributed by atoms with Gasteiger partial charge in [0.05, 0.1) is 26.4 Å². The fourth-order valence-electron chi connectivity index (χ4n) is 2.10. The molecule has 23 heavy (non-hydrogen) atoms. The normalized spacial score (nSPS) is 10.0. The molecule has 0 aromatic heterocycles. The van der Waals surface area contributed by atoms with E-state index in [9.17, 15) is 5.39 Å². The van der Waals surface area contributed by atoms with Gasteiger partial charge >= 0.3 is 5.69 Å². The second kappa shape index (κ2) is 8.30. The molecule has 2 aromatic rings. The molecule has 2 rings (SSSR count).